The summed E-state index contributed by atoms with van der Waals surface area (Å²) in [5, 5.41) is 12.8. The Hall–Kier alpha value is -0.200. The third-order valence-corrected chi connectivity index (χ3v) is 3.86. The van der Waals surface area contributed by atoms with Crippen molar-refractivity contribution in [2.75, 3.05) is 60.7 Å². The summed E-state index contributed by atoms with van der Waals surface area (Å²) < 4.78 is 10.3. The van der Waals surface area contributed by atoms with Crippen molar-refractivity contribution in [2.24, 2.45) is 0 Å². The maximum absolute atomic E-state index is 9.51. The lowest BCUT2D eigenvalue weighted by Crippen LogP contribution is -2.46. The molecule has 0 aliphatic carbocycles. The van der Waals surface area contributed by atoms with Crippen LogP contribution in [0.2, 0.25) is 0 Å². The van der Waals surface area contributed by atoms with Gasteiger partial charge in [-0.25, -0.2) is 0 Å². The van der Waals surface area contributed by atoms with Gasteiger partial charge in [0.15, 0.2) is 0 Å². The Balaban J connectivity index is 4.07. The molecule has 0 rings (SSSR count). The number of aliphatic hydroxyl groups is 1. The minimum absolute atomic E-state index is 0.131. The molecular formula is C14H32N2O3. The van der Waals surface area contributed by atoms with Crippen LogP contribution in [-0.4, -0.2) is 76.3 Å². The van der Waals surface area contributed by atoms with Gasteiger partial charge in [-0.15, -0.1) is 0 Å². The molecule has 5 heteroatoms. The number of aliphatic hydroxyl groups excluding tert-OH is 1. The Bertz CT molecular complexity index is 183. The molecule has 0 saturated carbocycles. The lowest BCUT2D eigenvalue weighted by molar-refractivity contribution is 0.106. The first-order valence-corrected chi connectivity index (χ1v) is 7.18. The summed E-state index contributed by atoms with van der Waals surface area (Å²) in [5.41, 5.74) is -0.131. The van der Waals surface area contributed by atoms with Crippen LogP contribution >= 0.6 is 0 Å². The number of hydrogen-bond donors (Lipinski definition) is 2. The Labute approximate surface area is 118 Å². The highest BCUT2D eigenvalue weighted by Gasteiger charge is 2.24. The van der Waals surface area contributed by atoms with E-state index < -0.39 is 0 Å². The van der Waals surface area contributed by atoms with E-state index >= 15 is 0 Å². The minimum atomic E-state index is -0.131. The monoisotopic (exact) mass is 276 g/mol. The summed E-state index contributed by atoms with van der Waals surface area (Å²) in [5.74, 6) is 0. The van der Waals surface area contributed by atoms with Crippen LogP contribution in [0.3, 0.4) is 0 Å². The van der Waals surface area contributed by atoms with Crippen LogP contribution in [0.4, 0.5) is 0 Å². The second kappa shape index (κ2) is 11.6. The van der Waals surface area contributed by atoms with Gasteiger partial charge in [-0.2, -0.15) is 0 Å². The van der Waals surface area contributed by atoms with E-state index in [2.05, 4.69) is 17.1 Å². The van der Waals surface area contributed by atoms with E-state index in [-0.39, 0.29) is 12.1 Å². The van der Waals surface area contributed by atoms with Gasteiger partial charge < -0.3 is 19.9 Å². The van der Waals surface area contributed by atoms with Crippen molar-refractivity contribution < 1.29 is 14.6 Å². The van der Waals surface area contributed by atoms with E-state index in [1.807, 2.05) is 7.05 Å². The molecule has 0 aromatic heterocycles. The van der Waals surface area contributed by atoms with Gasteiger partial charge in [0.25, 0.3) is 0 Å². The maximum atomic E-state index is 9.51. The average molecular weight is 276 g/mol. The van der Waals surface area contributed by atoms with Gasteiger partial charge in [-0.1, -0.05) is 6.92 Å². The molecule has 0 radical (unpaired) electrons. The molecular weight excluding hydrogens is 244 g/mol. The number of nitrogens with one attached hydrogen (secondary N) is 1. The van der Waals surface area contributed by atoms with Crippen molar-refractivity contribution in [3.05, 3.63) is 0 Å². The summed E-state index contributed by atoms with van der Waals surface area (Å²) in [7, 11) is 5.38. The Morgan fingerprint density at radius 2 is 1.68 bits per heavy atom. The van der Waals surface area contributed by atoms with Crippen molar-refractivity contribution in [3.8, 4) is 0 Å². The van der Waals surface area contributed by atoms with Crippen LogP contribution in [0.1, 0.15) is 26.2 Å². The molecule has 2 N–H and O–H groups in total. The van der Waals surface area contributed by atoms with Gasteiger partial charge in [0.2, 0.25) is 0 Å². The van der Waals surface area contributed by atoms with Crippen molar-refractivity contribution in [1.82, 2.24) is 10.2 Å². The fourth-order valence-electron chi connectivity index (χ4n) is 2.17. The zero-order chi connectivity index (χ0) is 14.6. The smallest absolute Gasteiger partial charge is 0.0613 e. The third kappa shape index (κ3) is 7.84. The van der Waals surface area contributed by atoms with Crippen molar-refractivity contribution >= 4 is 0 Å². The summed E-state index contributed by atoms with van der Waals surface area (Å²) in [6.45, 7) is 6.66. The minimum Gasteiger partial charge on any atom is -0.394 e. The number of hydrogen-bond acceptors (Lipinski definition) is 5. The van der Waals surface area contributed by atoms with E-state index in [1.165, 1.54) is 0 Å². The van der Waals surface area contributed by atoms with Gasteiger partial charge in [0.05, 0.1) is 19.8 Å². The number of rotatable bonds is 13. The molecule has 0 saturated heterocycles. The average Bonchev–Trinajstić information content (AvgIpc) is 2.46. The number of methoxy groups -OCH3 is 2. The Kier molecular flexibility index (Phi) is 11.5. The predicted octanol–water partition coefficient (Wildman–Crippen LogP) is 0.722. The second-order valence-corrected chi connectivity index (χ2v) is 4.97. The Morgan fingerprint density at radius 1 is 1.11 bits per heavy atom. The van der Waals surface area contributed by atoms with E-state index in [0.717, 1.165) is 52.1 Å². The summed E-state index contributed by atoms with van der Waals surface area (Å²) in [6, 6.07) is 0. The molecule has 19 heavy (non-hydrogen) atoms. The van der Waals surface area contributed by atoms with Gasteiger partial charge >= 0.3 is 0 Å². The number of nitrogens with zero attached hydrogens (tertiary/aromatic N) is 1. The van der Waals surface area contributed by atoms with Crippen LogP contribution in [0.25, 0.3) is 0 Å². The highest BCUT2D eigenvalue weighted by molar-refractivity contribution is 4.84. The van der Waals surface area contributed by atoms with Crippen molar-refractivity contribution in [3.63, 3.8) is 0 Å². The first-order valence-electron chi connectivity index (χ1n) is 7.18. The van der Waals surface area contributed by atoms with E-state index in [1.54, 1.807) is 14.2 Å². The van der Waals surface area contributed by atoms with Gasteiger partial charge in [-0.3, -0.25) is 4.90 Å². The highest BCUT2D eigenvalue weighted by Crippen LogP contribution is 2.16. The SMILES string of the molecule is CCC(CO)(CCCN(CCOC)CCOC)NC. The molecule has 0 fully saturated rings. The van der Waals surface area contributed by atoms with E-state index in [9.17, 15) is 5.11 Å². The maximum Gasteiger partial charge on any atom is 0.0613 e. The fraction of sp³-hybridized carbons (Fsp3) is 1.00. The van der Waals surface area contributed by atoms with Crippen LogP contribution in [0.15, 0.2) is 0 Å². The van der Waals surface area contributed by atoms with E-state index in [0.29, 0.717) is 0 Å². The molecule has 0 aliphatic heterocycles. The standard InChI is InChI=1S/C14H32N2O3/c1-5-14(13-17,15-2)7-6-8-16(9-11-18-3)10-12-19-4/h15,17H,5-13H2,1-4H3. The molecule has 5 nitrogen and oxygen atoms in total. The quantitative estimate of drug-likeness (QED) is 0.519. The van der Waals surface area contributed by atoms with Crippen LogP contribution in [0.5, 0.6) is 0 Å². The lowest BCUT2D eigenvalue weighted by Gasteiger charge is -2.31. The van der Waals surface area contributed by atoms with E-state index in [4.69, 9.17) is 9.47 Å². The van der Waals surface area contributed by atoms with Gasteiger partial charge in [0, 0.05) is 32.8 Å². The molecule has 0 bridgehead atoms. The molecule has 0 aliphatic rings. The van der Waals surface area contributed by atoms with Crippen LogP contribution in [-0.2, 0) is 9.47 Å². The van der Waals surface area contributed by atoms with Crippen LogP contribution in [0, 0.1) is 0 Å². The molecule has 0 aromatic rings. The summed E-state index contributed by atoms with van der Waals surface area (Å²) in [4.78, 5) is 2.35. The van der Waals surface area contributed by atoms with Crippen molar-refractivity contribution in [1.29, 1.82) is 0 Å². The second-order valence-electron chi connectivity index (χ2n) is 4.97. The summed E-state index contributed by atoms with van der Waals surface area (Å²) in [6.07, 6.45) is 2.98. The van der Waals surface area contributed by atoms with Gasteiger partial charge in [0.1, 0.15) is 0 Å². The molecule has 0 aromatic carbocycles. The molecule has 1 atom stereocenters. The largest absolute Gasteiger partial charge is 0.394 e. The first-order chi connectivity index (χ1) is 9.17. The normalized spacial score (nSPS) is 14.8. The number of ether oxygens (including phenoxy) is 2. The van der Waals surface area contributed by atoms with Crippen molar-refractivity contribution in [2.45, 2.75) is 31.7 Å². The van der Waals surface area contributed by atoms with Crippen LogP contribution < -0.4 is 5.32 Å². The highest BCUT2D eigenvalue weighted by atomic mass is 16.5. The molecule has 0 amide bonds. The molecule has 1 unspecified atom stereocenters. The third-order valence-electron chi connectivity index (χ3n) is 3.86. The fourth-order valence-corrected chi connectivity index (χ4v) is 2.17. The molecule has 116 valence electrons. The molecule has 0 spiro atoms. The number of likely N-dealkylation sites (N-methyl/N-ethyl adjacent to an activating group) is 1. The zero-order valence-corrected chi connectivity index (χ0v) is 13.1. The molecule has 0 heterocycles. The topological polar surface area (TPSA) is 54.0 Å². The summed E-state index contributed by atoms with van der Waals surface area (Å²) >= 11 is 0. The Morgan fingerprint density at radius 3 is 2.05 bits per heavy atom. The van der Waals surface area contributed by atoms with Gasteiger partial charge in [-0.05, 0) is 32.9 Å². The zero-order valence-electron chi connectivity index (χ0n) is 13.1. The lowest BCUT2D eigenvalue weighted by atomic mass is 9.91. The predicted molar refractivity (Wildman–Crippen MR) is 78.6 cm³/mol. The first kappa shape index (κ1) is 18.8.